The Bertz CT molecular complexity index is 260. The molecule has 0 saturated carbocycles. The van der Waals surface area contributed by atoms with Gasteiger partial charge in [-0.15, -0.1) is 0 Å². The Morgan fingerprint density at radius 2 is 2.70 bits per heavy atom. The van der Waals surface area contributed by atoms with Crippen LogP contribution in [0.1, 0.15) is 5.76 Å². The van der Waals surface area contributed by atoms with Gasteiger partial charge in [-0.25, -0.2) is 4.79 Å². The first-order valence-corrected chi connectivity index (χ1v) is 3.51. The van der Waals surface area contributed by atoms with Crippen LogP contribution in [0.4, 0.5) is 0 Å². The van der Waals surface area contributed by atoms with Crippen molar-refractivity contribution in [1.82, 2.24) is 0 Å². The molecule has 1 aromatic rings. The van der Waals surface area contributed by atoms with Crippen LogP contribution < -0.4 is 4.94 Å². The summed E-state index contributed by atoms with van der Waals surface area (Å²) in [5.41, 5.74) is 0. The van der Waals surface area contributed by atoms with Gasteiger partial charge >= 0.3 is 4.94 Å². The SMILES string of the molecule is C=COCc1csc(=O)o1. The summed E-state index contributed by atoms with van der Waals surface area (Å²) >= 11 is 1.02. The molecule has 1 aromatic heterocycles. The molecule has 4 heteroatoms. The van der Waals surface area contributed by atoms with E-state index < -0.39 is 0 Å². The third-order valence-electron chi connectivity index (χ3n) is 0.844. The van der Waals surface area contributed by atoms with Gasteiger partial charge in [0.25, 0.3) is 0 Å². The molecular weight excluding hydrogens is 152 g/mol. The van der Waals surface area contributed by atoms with E-state index in [9.17, 15) is 4.79 Å². The highest BCUT2D eigenvalue weighted by Gasteiger charge is 1.96. The third-order valence-corrected chi connectivity index (χ3v) is 1.50. The highest BCUT2D eigenvalue weighted by molar-refractivity contribution is 7.07. The van der Waals surface area contributed by atoms with Gasteiger partial charge < -0.3 is 9.15 Å². The monoisotopic (exact) mass is 158 g/mol. The van der Waals surface area contributed by atoms with Gasteiger partial charge in [0, 0.05) is 5.38 Å². The minimum absolute atomic E-state index is 0.280. The molecule has 1 rings (SSSR count). The lowest BCUT2D eigenvalue weighted by atomic mass is 10.6. The second-order valence-electron chi connectivity index (χ2n) is 1.53. The first kappa shape index (κ1) is 7.08. The molecule has 0 aromatic carbocycles. The molecule has 0 atom stereocenters. The van der Waals surface area contributed by atoms with Crippen molar-refractivity contribution in [3.8, 4) is 0 Å². The minimum atomic E-state index is -0.303. The van der Waals surface area contributed by atoms with Crippen molar-refractivity contribution in [1.29, 1.82) is 0 Å². The van der Waals surface area contributed by atoms with Crippen molar-refractivity contribution >= 4 is 11.3 Å². The summed E-state index contributed by atoms with van der Waals surface area (Å²) in [7, 11) is 0. The minimum Gasteiger partial charge on any atom is -0.494 e. The van der Waals surface area contributed by atoms with Gasteiger partial charge in [0.15, 0.2) is 5.76 Å². The maximum atomic E-state index is 10.4. The van der Waals surface area contributed by atoms with Crippen molar-refractivity contribution < 1.29 is 9.15 Å². The number of hydrogen-bond donors (Lipinski definition) is 0. The lowest BCUT2D eigenvalue weighted by Gasteiger charge is -1.91. The molecule has 0 aliphatic carbocycles. The zero-order chi connectivity index (χ0) is 7.40. The molecule has 0 spiro atoms. The van der Waals surface area contributed by atoms with Crippen LogP contribution >= 0.6 is 11.3 Å². The van der Waals surface area contributed by atoms with Gasteiger partial charge in [0.1, 0.15) is 6.61 Å². The Morgan fingerprint density at radius 1 is 1.90 bits per heavy atom. The summed E-state index contributed by atoms with van der Waals surface area (Å²) in [5, 5.41) is 1.62. The second kappa shape index (κ2) is 3.22. The third kappa shape index (κ3) is 1.73. The van der Waals surface area contributed by atoms with Crippen LogP contribution in [-0.4, -0.2) is 0 Å². The van der Waals surface area contributed by atoms with E-state index in [4.69, 9.17) is 4.74 Å². The first-order chi connectivity index (χ1) is 4.83. The Hall–Kier alpha value is -1.03. The summed E-state index contributed by atoms with van der Waals surface area (Å²) in [6, 6.07) is 0. The quantitative estimate of drug-likeness (QED) is 0.623. The molecule has 0 unspecified atom stereocenters. The topological polar surface area (TPSA) is 39.4 Å². The standard InChI is InChI=1S/C6H6O3S/c1-2-8-3-5-4-10-6(7)9-5/h2,4H,1,3H2. The highest BCUT2D eigenvalue weighted by atomic mass is 32.1. The molecular formula is C6H6O3S. The summed E-state index contributed by atoms with van der Waals surface area (Å²) < 4.78 is 9.45. The van der Waals surface area contributed by atoms with Crippen LogP contribution in [0.2, 0.25) is 0 Å². The van der Waals surface area contributed by atoms with E-state index in [1.165, 1.54) is 6.26 Å². The van der Waals surface area contributed by atoms with Crippen LogP contribution in [0.3, 0.4) is 0 Å². The van der Waals surface area contributed by atoms with Gasteiger partial charge in [-0.05, 0) is 0 Å². The fourth-order valence-electron chi connectivity index (χ4n) is 0.474. The molecule has 0 bridgehead atoms. The van der Waals surface area contributed by atoms with Crippen molar-refractivity contribution in [3.63, 3.8) is 0 Å². The van der Waals surface area contributed by atoms with E-state index in [1.54, 1.807) is 5.38 Å². The molecule has 0 aliphatic rings. The Labute approximate surface area is 61.6 Å². The summed E-state index contributed by atoms with van der Waals surface area (Å²) in [5.74, 6) is 0.537. The van der Waals surface area contributed by atoms with Gasteiger partial charge in [0.05, 0.1) is 6.26 Å². The predicted molar refractivity (Wildman–Crippen MR) is 37.8 cm³/mol. The van der Waals surface area contributed by atoms with Crippen molar-refractivity contribution in [2.45, 2.75) is 6.61 Å². The normalized spacial score (nSPS) is 9.20. The Morgan fingerprint density at radius 3 is 3.20 bits per heavy atom. The number of rotatable bonds is 3. The fraction of sp³-hybridized carbons (Fsp3) is 0.167. The molecule has 0 aliphatic heterocycles. The van der Waals surface area contributed by atoms with Crippen LogP contribution in [-0.2, 0) is 11.3 Å². The first-order valence-electron chi connectivity index (χ1n) is 2.63. The van der Waals surface area contributed by atoms with E-state index in [-0.39, 0.29) is 11.5 Å². The molecule has 0 N–H and O–H groups in total. The van der Waals surface area contributed by atoms with E-state index in [0.717, 1.165) is 11.3 Å². The molecule has 1 heterocycles. The summed E-state index contributed by atoms with van der Waals surface area (Å²) in [6.45, 7) is 3.62. The van der Waals surface area contributed by atoms with Gasteiger partial charge in [-0.2, -0.15) is 0 Å². The largest absolute Gasteiger partial charge is 0.494 e. The number of hydrogen-bond acceptors (Lipinski definition) is 4. The van der Waals surface area contributed by atoms with Crippen molar-refractivity contribution in [2.75, 3.05) is 0 Å². The lowest BCUT2D eigenvalue weighted by molar-refractivity contribution is 0.209. The number of ether oxygens (including phenoxy) is 1. The predicted octanol–water partition coefficient (Wildman–Crippen LogP) is 1.36. The molecule has 0 amide bonds. The maximum absolute atomic E-state index is 10.4. The molecule has 3 nitrogen and oxygen atoms in total. The average molecular weight is 158 g/mol. The van der Waals surface area contributed by atoms with Gasteiger partial charge in [-0.3, -0.25) is 0 Å². The van der Waals surface area contributed by atoms with Crippen molar-refractivity contribution in [3.05, 3.63) is 33.7 Å². The highest BCUT2D eigenvalue weighted by Crippen LogP contribution is 2.01. The zero-order valence-corrected chi connectivity index (χ0v) is 6.02. The van der Waals surface area contributed by atoms with E-state index in [0.29, 0.717) is 5.76 Å². The van der Waals surface area contributed by atoms with E-state index >= 15 is 0 Å². The molecule has 0 saturated heterocycles. The molecule has 0 radical (unpaired) electrons. The molecule has 0 fully saturated rings. The van der Waals surface area contributed by atoms with Crippen LogP contribution in [0, 0.1) is 0 Å². The molecule has 54 valence electrons. The van der Waals surface area contributed by atoms with Crippen LogP contribution in [0.5, 0.6) is 0 Å². The maximum Gasteiger partial charge on any atom is 0.395 e. The Kier molecular flexibility index (Phi) is 2.28. The fourth-order valence-corrected chi connectivity index (χ4v) is 0.973. The lowest BCUT2D eigenvalue weighted by Crippen LogP contribution is -1.86. The average Bonchev–Trinajstić information content (AvgIpc) is 2.31. The van der Waals surface area contributed by atoms with Crippen LogP contribution in [0.25, 0.3) is 0 Å². The summed E-state index contributed by atoms with van der Waals surface area (Å²) in [6.07, 6.45) is 1.30. The molecule has 10 heavy (non-hydrogen) atoms. The second-order valence-corrected chi connectivity index (χ2v) is 2.34. The smallest absolute Gasteiger partial charge is 0.395 e. The van der Waals surface area contributed by atoms with Crippen LogP contribution in [0.15, 0.2) is 27.4 Å². The Balaban J connectivity index is 2.58. The zero-order valence-electron chi connectivity index (χ0n) is 5.20. The summed E-state index contributed by atoms with van der Waals surface area (Å²) in [4.78, 5) is 10.1. The van der Waals surface area contributed by atoms with Gasteiger partial charge in [0.2, 0.25) is 0 Å². The van der Waals surface area contributed by atoms with E-state index in [2.05, 4.69) is 11.0 Å². The van der Waals surface area contributed by atoms with Crippen molar-refractivity contribution in [2.24, 2.45) is 0 Å². The van der Waals surface area contributed by atoms with Gasteiger partial charge in [-0.1, -0.05) is 17.9 Å². The van der Waals surface area contributed by atoms with E-state index in [1.807, 2.05) is 0 Å².